The van der Waals surface area contributed by atoms with Crippen LogP contribution < -0.4 is 40.0 Å². The topological polar surface area (TPSA) is 135 Å². The minimum absolute atomic E-state index is 0. The number of anilines is 1. The van der Waals surface area contributed by atoms with Crippen LogP contribution in [0.5, 0.6) is 0 Å². The number of hydrogen-bond acceptors (Lipinski definition) is 7. The quantitative estimate of drug-likeness (QED) is 0.255. The number of carboxylic acid groups (broad SMARTS) is 1. The number of nitrogens with zero attached hydrogens (tertiary/aromatic N) is 5. The standard InChI is InChI=1S/C23H21ClN6O4.Na/c1-3-4-19(31)16-8-27-30(13(16)2)21-10-25-20(9-26-21)28-23(34)17-11-29(12-22(32)33)18-6-5-14(24)7-15(17)18;/h5-11H,3-4,12H2,1-2H3,(H,32,33)(H,25,28,34);/q;+1/p-1. The summed E-state index contributed by atoms with van der Waals surface area (Å²) in [6.45, 7) is 3.30. The van der Waals surface area contributed by atoms with Gasteiger partial charge in [-0.2, -0.15) is 5.10 Å². The molecule has 35 heavy (non-hydrogen) atoms. The third-order valence-electron chi connectivity index (χ3n) is 5.27. The first kappa shape index (κ1) is 26.6. The Balaban J connectivity index is 0.00000342. The van der Waals surface area contributed by atoms with Crippen molar-refractivity contribution in [2.24, 2.45) is 0 Å². The third-order valence-corrected chi connectivity index (χ3v) is 5.51. The molecule has 0 saturated heterocycles. The van der Waals surface area contributed by atoms with Crippen LogP contribution in [-0.2, 0) is 11.3 Å². The van der Waals surface area contributed by atoms with Crippen LogP contribution >= 0.6 is 11.6 Å². The van der Waals surface area contributed by atoms with Gasteiger partial charge < -0.3 is 19.8 Å². The van der Waals surface area contributed by atoms with Gasteiger partial charge in [-0.1, -0.05) is 18.5 Å². The number of benzene rings is 1. The number of hydrogen-bond donors (Lipinski definition) is 1. The van der Waals surface area contributed by atoms with Crippen molar-refractivity contribution in [2.45, 2.75) is 33.2 Å². The van der Waals surface area contributed by atoms with E-state index in [1.807, 2.05) is 6.92 Å². The SMILES string of the molecule is CCCC(=O)c1cnn(-c2cnc(NC(=O)c3cn(CC(=O)[O-])c4ccc(Cl)cc34)cn2)c1C.[Na+]. The van der Waals surface area contributed by atoms with Crippen LogP contribution in [0.3, 0.4) is 0 Å². The molecule has 0 unspecified atom stereocenters. The van der Waals surface area contributed by atoms with Gasteiger partial charge in [0.15, 0.2) is 17.4 Å². The van der Waals surface area contributed by atoms with Crippen molar-refractivity contribution in [1.29, 1.82) is 0 Å². The number of halogens is 1. The van der Waals surface area contributed by atoms with Crippen LogP contribution in [0.15, 0.2) is 43.0 Å². The normalized spacial score (nSPS) is 10.7. The monoisotopic (exact) mass is 502 g/mol. The number of nitrogens with one attached hydrogen (secondary N) is 1. The maximum absolute atomic E-state index is 12.9. The van der Waals surface area contributed by atoms with E-state index in [0.29, 0.717) is 39.4 Å². The molecule has 0 radical (unpaired) electrons. The predicted octanol–water partition coefficient (Wildman–Crippen LogP) is -0.432. The van der Waals surface area contributed by atoms with Crippen LogP contribution in [0.1, 0.15) is 46.2 Å². The zero-order chi connectivity index (χ0) is 24.4. The van der Waals surface area contributed by atoms with Gasteiger partial charge in [0.05, 0.1) is 47.9 Å². The van der Waals surface area contributed by atoms with Crippen LogP contribution in [0.2, 0.25) is 5.02 Å². The predicted molar refractivity (Wildman–Crippen MR) is 123 cm³/mol. The van der Waals surface area contributed by atoms with Gasteiger partial charge in [-0.05, 0) is 31.5 Å². The molecule has 0 aliphatic carbocycles. The molecular formula is C23H20ClN6NaO4. The molecule has 10 nitrogen and oxygen atoms in total. The van der Waals surface area contributed by atoms with Gasteiger partial charge in [0.2, 0.25) is 0 Å². The van der Waals surface area contributed by atoms with E-state index in [4.69, 9.17) is 11.6 Å². The van der Waals surface area contributed by atoms with E-state index in [0.717, 1.165) is 6.42 Å². The molecule has 4 aromatic rings. The van der Waals surface area contributed by atoms with Crippen molar-refractivity contribution >= 4 is 46.0 Å². The Bertz CT molecular complexity index is 1410. The number of aliphatic carboxylic acids is 1. The summed E-state index contributed by atoms with van der Waals surface area (Å²) < 4.78 is 2.92. The Morgan fingerprint density at radius 1 is 1.11 bits per heavy atom. The molecule has 0 bridgehead atoms. The van der Waals surface area contributed by atoms with Gasteiger partial charge >= 0.3 is 29.6 Å². The Labute approximate surface area is 227 Å². The largest absolute Gasteiger partial charge is 1.00 e. The number of fused-ring (bicyclic) bond motifs is 1. The summed E-state index contributed by atoms with van der Waals surface area (Å²) in [4.78, 5) is 44.8. The molecule has 1 N–H and O–H groups in total. The van der Waals surface area contributed by atoms with E-state index in [2.05, 4.69) is 20.4 Å². The first-order chi connectivity index (χ1) is 16.3. The van der Waals surface area contributed by atoms with Crippen molar-refractivity contribution in [3.8, 4) is 5.82 Å². The van der Waals surface area contributed by atoms with E-state index < -0.39 is 18.4 Å². The maximum Gasteiger partial charge on any atom is 1.00 e. The molecule has 3 heterocycles. The molecule has 0 fully saturated rings. The number of carbonyl (C=O) groups excluding carboxylic acids is 3. The minimum atomic E-state index is -1.28. The van der Waals surface area contributed by atoms with Gasteiger partial charge in [-0.3, -0.25) is 9.59 Å². The summed E-state index contributed by atoms with van der Waals surface area (Å²) in [5.74, 6) is -1.20. The van der Waals surface area contributed by atoms with E-state index in [1.54, 1.807) is 25.1 Å². The van der Waals surface area contributed by atoms with Gasteiger partial charge in [-0.25, -0.2) is 14.6 Å². The molecule has 3 aromatic heterocycles. The average Bonchev–Trinajstić information content (AvgIpc) is 3.34. The van der Waals surface area contributed by atoms with E-state index in [1.165, 1.54) is 34.0 Å². The molecule has 4 rings (SSSR count). The van der Waals surface area contributed by atoms with Gasteiger partial charge in [0.1, 0.15) is 0 Å². The van der Waals surface area contributed by atoms with Crippen molar-refractivity contribution in [3.05, 3.63) is 64.8 Å². The first-order valence-corrected chi connectivity index (χ1v) is 10.9. The smallest absolute Gasteiger partial charge is 0.548 e. The van der Waals surface area contributed by atoms with Crippen LogP contribution in [0.4, 0.5) is 5.82 Å². The first-order valence-electron chi connectivity index (χ1n) is 10.5. The molecule has 0 saturated carbocycles. The molecular weight excluding hydrogens is 483 g/mol. The number of amides is 1. The molecule has 0 aliphatic rings. The molecule has 174 valence electrons. The fourth-order valence-corrected chi connectivity index (χ4v) is 3.85. The molecule has 1 aromatic carbocycles. The maximum atomic E-state index is 12.9. The Morgan fingerprint density at radius 3 is 2.54 bits per heavy atom. The summed E-state index contributed by atoms with van der Waals surface area (Å²) in [5.41, 5.74) is 1.95. The fourth-order valence-electron chi connectivity index (χ4n) is 3.68. The van der Waals surface area contributed by atoms with Crippen LogP contribution in [-0.4, -0.2) is 42.0 Å². The van der Waals surface area contributed by atoms with Crippen LogP contribution in [0.25, 0.3) is 16.7 Å². The Kier molecular flexibility index (Phi) is 8.44. The second kappa shape index (κ2) is 11.1. The van der Waals surface area contributed by atoms with Crippen molar-refractivity contribution in [2.75, 3.05) is 5.32 Å². The Hall–Kier alpha value is -3.05. The minimum Gasteiger partial charge on any atom is -0.548 e. The summed E-state index contributed by atoms with van der Waals surface area (Å²) in [6, 6.07) is 4.84. The molecule has 0 aliphatic heterocycles. The number of Topliss-reactive ketones (excluding diaryl/α,β-unsaturated/α-hetero) is 1. The van der Waals surface area contributed by atoms with E-state index >= 15 is 0 Å². The summed E-state index contributed by atoms with van der Waals surface area (Å²) >= 11 is 6.08. The Morgan fingerprint density at radius 2 is 1.89 bits per heavy atom. The summed E-state index contributed by atoms with van der Waals surface area (Å²) in [5, 5.41) is 18.9. The van der Waals surface area contributed by atoms with Crippen molar-refractivity contribution < 1.29 is 49.0 Å². The number of ketones is 1. The van der Waals surface area contributed by atoms with Gasteiger partial charge in [-0.15, -0.1) is 0 Å². The molecule has 0 spiro atoms. The average molecular weight is 503 g/mol. The second-order valence-corrected chi connectivity index (χ2v) is 8.08. The number of carboxylic acids is 1. The zero-order valence-corrected chi connectivity index (χ0v) is 22.2. The molecule has 1 amide bonds. The van der Waals surface area contributed by atoms with Gasteiger partial charge in [0.25, 0.3) is 5.91 Å². The fraction of sp³-hybridized carbons (Fsp3) is 0.217. The number of aromatic nitrogens is 5. The van der Waals surface area contributed by atoms with Gasteiger partial charge in [0, 0.05) is 28.5 Å². The zero-order valence-electron chi connectivity index (χ0n) is 19.4. The summed E-state index contributed by atoms with van der Waals surface area (Å²) in [6.07, 6.45) is 6.92. The van der Waals surface area contributed by atoms with E-state index in [-0.39, 0.29) is 46.7 Å². The van der Waals surface area contributed by atoms with Crippen LogP contribution in [0, 0.1) is 6.92 Å². The third kappa shape index (κ3) is 5.62. The van der Waals surface area contributed by atoms with Crippen molar-refractivity contribution in [3.63, 3.8) is 0 Å². The molecule has 0 atom stereocenters. The summed E-state index contributed by atoms with van der Waals surface area (Å²) in [7, 11) is 0. The molecule has 12 heteroatoms. The second-order valence-electron chi connectivity index (χ2n) is 7.65. The van der Waals surface area contributed by atoms with E-state index in [9.17, 15) is 19.5 Å². The number of carbonyl (C=O) groups is 3. The van der Waals surface area contributed by atoms with Crippen molar-refractivity contribution in [1.82, 2.24) is 24.3 Å². The number of rotatable bonds is 8.